The molecule has 3 nitrogen and oxygen atoms in total. The van der Waals surface area contributed by atoms with Gasteiger partial charge in [0.15, 0.2) is 9.84 Å². The lowest BCUT2D eigenvalue weighted by Crippen LogP contribution is -2.42. The molecule has 0 amide bonds. The summed E-state index contributed by atoms with van der Waals surface area (Å²) < 4.78 is 22.2. The Morgan fingerprint density at radius 3 is 2.27 bits per heavy atom. The quantitative estimate of drug-likeness (QED) is 0.784. The van der Waals surface area contributed by atoms with E-state index in [0.29, 0.717) is 6.54 Å². The lowest BCUT2D eigenvalue weighted by molar-refractivity contribution is 0.459. The Labute approximate surface area is 93.6 Å². The van der Waals surface area contributed by atoms with Gasteiger partial charge in [-0.3, -0.25) is 0 Å². The van der Waals surface area contributed by atoms with Crippen molar-refractivity contribution in [2.24, 2.45) is 5.92 Å². The average molecular weight is 233 g/mol. The first-order valence-corrected chi connectivity index (χ1v) is 7.62. The largest absolute Gasteiger partial charge is 0.315 e. The lowest BCUT2D eigenvalue weighted by atomic mass is 10.1. The third kappa shape index (κ3) is 3.76. The molecule has 1 N–H and O–H groups in total. The Bertz CT molecular complexity index is 290. The van der Waals surface area contributed by atoms with E-state index < -0.39 is 14.6 Å². The molecule has 0 aromatic heterocycles. The van der Waals surface area contributed by atoms with Crippen molar-refractivity contribution in [1.82, 2.24) is 5.32 Å². The van der Waals surface area contributed by atoms with E-state index in [2.05, 4.69) is 5.32 Å². The molecule has 0 aromatic carbocycles. The highest BCUT2D eigenvalue weighted by Gasteiger charge is 2.29. The van der Waals surface area contributed by atoms with Gasteiger partial charge < -0.3 is 5.32 Å². The maximum atomic E-state index is 11.4. The Kier molecular flexibility index (Phi) is 4.18. The van der Waals surface area contributed by atoms with E-state index in [0.717, 1.165) is 12.5 Å². The Hall–Kier alpha value is -0.0900. The minimum atomic E-state index is -2.96. The van der Waals surface area contributed by atoms with Crippen molar-refractivity contribution in [3.05, 3.63) is 0 Å². The monoisotopic (exact) mass is 233 g/mol. The Morgan fingerprint density at radius 2 is 1.80 bits per heavy atom. The molecule has 0 saturated heterocycles. The number of hydrogen-bond donors (Lipinski definition) is 1. The van der Waals surface area contributed by atoms with Gasteiger partial charge in [-0.1, -0.05) is 12.8 Å². The van der Waals surface area contributed by atoms with Crippen LogP contribution in [-0.2, 0) is 9.84 Å². The van der Waals surface area contributed by atoms with E-state index in [9.17, 15) is 8.42 Å². The highest BCUT2D eigenvalue weighted by Crippen LogP contribution is 2.24. The molecule has 0 unspecified atom stereocenters. The van der Waals surface area contributed by atoms with Crippen LogP contribution in [0.2, 0.25) is 0 Å². The van der Waals surface area contributed by atoms with E-state index in [4.69, 9.17) is 0 Å². The van der Waals surface area contributed by atoms with Gasteiger partial charge in [0.05, 0.1) is 4.75 Å². The Balaban J connectivity index is 2.30. The first-order chi connectivity index (χ1) is 6.83. The first kappa shape index (κ1) is 13.0. The van der Waals surface area contributed by atoms with E-state index in [1.807, 2.05) is 0 Å². The second-order valence-corrected chi connectivity index (χ2v) is 7.96. The smallest absolute Gasteiger partial charge is 0.153 e. The third-order valence-corrected chi connectivity index (χ3v) is 5.61. The van der Waals surface area contributed by atoms with Gasteiger partial charge in [-0.15, -0.1) is 0 Å². The Morgan fingerprint density at radius 1 is 1.27 bits per heavy atom. The molecule has 0 heterocycles. The van der Waals surface area contributed by atoms with Gasteiger partial charge in [-0.2, -0.15) is 0 Å². The minimum absolute atomic E-state index is 0.558. The predicted molar refractivity (Wildman–Crippen MR) is 63.8 cm³/mol. The van der Waals surface area contributed by atoms with Gasteiger partial charge in [0.1, 0.15) is 0 Å². The van der Waals surface area contributed by atoms with Crippen LogP contribution in [0.25, 0.3) is 0 Å². The molecule has 4 heteroatoms. The molecule has 1 fully saturated rings. The SMILES string of the molecule is CC(C)(CNCC1CCCC1)S(C)(=O)=O. The van der Waals surface area contributed by atoms with Gasteiger partial charge >= 0.3 is 0 Å². The van der Waals surface area contributed by atoms with E-state index in [1.165, 1.54) is 31.9 Å². The molecule has 1 aliphatic carbocycles. The summed E-state index contributed by atoms with van der Waals surface area (Å²) in [7, 11) is -2.96. The minimum Gasteiger partial charge on any atom is -0.315 e. The number of hydrogen-bond acceptors (Lipinski definition) is 3. The standard InChI is InChI=1S/C11H23NO2S/c1-11(2,15(3,13)14)9-12-8-10-6-4-5-7-10/h10,12H,4-9H2,1-3H3. The normalized spacial score (nSPS) is 19.7. The molecule has 0 radical (unpaired) electrons. The average Bonchev–Trinajstić information content (AvgIpc) is 2.54. The zero-order valence-electron chi connectivity index (χ0n) is 10.0. The molecule has 0 aliphatic heterocycles. The van der Waals surface area contributed by atoms with Crippen LogP contribution < -0.4 is 5.32 Å². The van der Waals surface area contributed by atoms with Crippen molar-refractivity contribution in [1.29, 1.82) is 0 Å². The summed E-state index contributed by atoms with van der Waals surface area (Å²) in [5.74, 6) is 0.764. The lowest BCUT2D eigenvalue weighted by Gasteiger charge is -2.23. The second-order valence-electron chi connectivity index (χ2n) is 5.31. The summed E-state index contributed by atoms with van der Waals surface area (Å²) >= 11 is 0. The molecular formula is C11H23NO2S. The van der Waals surface area contributed by atoms with Crippen molar-refractivity contribution >= 4 is 9.84 Å². The highest BCUT2D eigenvalue weighted by molar-refractivity contribution is 7.92. The van der Waals surface area contributed by atoms with Gasteiger partial charge in [-0.25, -0.2) is 8.42 Å². The summed E-state index contributed by atoms with van der Waals surface area (Å²) in [6, 6.07) is 0. The molecule has 1 saturated carbocycles. The summed E-state index contributed by atoms with van der Waals surface area (Å²) in [6.45, 7) is 5.09. The third-order valence-electron chi connectivity index (χ3n) is 3.46. The van der Waals surface area contributed by atoms with Crippen LogP contribution in [-0.4, -0.2) is 32.5 Å². The molecule has 0 spiro atoms. The van der Waals surface area contributed by atoms with Gasteiger partial charge in [0.25, 0.3) is 0 Å². The van der Waals surface area contributed by atoms with E-state index >= 15 is 0 Å². The van der Waals surface area contributed by atoms with Gasteiger partial charge in [-0.05, 0) is 39.2 Å². The van der Waals surface area contributed by atoms with Gasteiger partial charge in [0.2, 0.25) is 0 Å². The topological polar surface area (TPSA) is 46.2 Å². The van der Waals surface area contributed by atoms with Crippen molar-refractivity contribution in [2.75, 3.05) is 19.3 Å². The fraction of sp³-hybridized carbons (Fsp3) is 1.00. The molecule has 90 valence electrons. The van der Waals surface area contributed by atoms with E-state index in [1.54, 1.807) is 13.8 Å². The maximum absolute atomic E-state index is 11.4. The number of rotatable bonds is 5. The summed E-state index contributed by atoms with van der Waals surface area (Å²) in [6.07, 6.45) is 6.58. The molecule has 1 rings (SSSR count). The molecule has 1 aliphatic rings. The van der Waals surface area contributed by atoms with Crippen molar-refractivity contribution < 1.29 is 8.42 Å². The van der Waals surface area contributed by atoms with Crippen LogP contribution >= 0.6 is 0 Å². The summed E-state index contributed by atoms with van der Waals surface area (Å²) in [5.41, 5.74) is 0. The zero-order chi connectivity index (χ0) is 11.5. The van der Waals surface area contributed by atoms with Crippen LogP contribution in [0.4, 0.5) is 0 Å². The molecule has 15 heavy (non-hydrogen) atoms. The maximum Gasteiger partial charge on any atom is 0.153 e. The van der Waals surface area contributed by atoms with Gasteiger partial charge in [0, 0.05) is 12.8 Å². The summed E-state index contributed by atoms with van der Waals surface area (Å²) in [5, 5.41) is 3.29. The van der Waals surface area contributed by atoms with Crippen LogP contribution in [0.5, 0.6) is 0 Å². The molecule has 0 atom stereocenters. The van der Waals surface area contributed by atoms with Crippen molar-refractivity contribution in [2.45, 2.75) is 44.3 Å². The molecular weight excluding hydrogens is 210 g/mol. The molecule has 0 aromatic rings. The summed E-state index contributed by atoms with van der Waals surface area (Å²) in [4.78, 5) is 0. The fourth-order valence-corrected chi connectivity index (χ4v) is 2.29. The van der Waals surface area contributed by atoms with Crippen molar-refractivity contribution in [3.63, 3.8) is 0 Å². The van der Waals surface area contributed by atoms with Crippen LogP contribution in [0.3, 0.4) is 0 Å². The zero-order valence-corrected chi connectivity index (χ0v) is 10.9. The van der Waals surface area contributed by atoms with Crippen LogP contribution in [0, 0.1) is 5.92 Å². The highest BCUT2D eigenvalue weighted by atomic mass is 32.2. The number of nitrogens with one attached hydrogen (secondary N) is 1. The van der Waals surface area contributed by atoms with Crippen LogP contribution in [0.1, 0.15) is 39.5 Å². The van der Waals surface area contributed by atoms with Crippen molar-refractivity contribution in [3.8, 4) is 0 Å². The second kappa shape index (κ2) is 4.83. The fourth-order valence-electron chi connectivity index (χ4n) is 1.92. The molecule has 0 bridgehead atoms. The first-order valence-electron chi connectivity index (χ1n) is 5.73. The predicted octanol–water partition coefficient (Wildman–Crippen LogP) is 1.59. The van der Waals surface area contributed by atoms with E-state index in [-0.39, 0.29) is 0 Å². The number of sulfone groups is 1. The van der Waals surface area contributed by atoms with Crippen LogP contribution in [0.15, 0.2) is 0 Å².